The van der Waals surface area contributed by atoms with Crippen molar-refractivity contribution in [3.05, 3.63) is 58.4 Å². The number of fused-ring (bicyclic) bond motifs is 1. The number of esters is 1. The molecule has 0 fully saturated rings. The van der Waals surface area contributed by atoms with E-state index in [1.807, 2.05) is 0 Å². The third-order valence-corrected chi connectivity index (χ3v) is 6.37. The molecule has 0 saturated heterocycles. The maximum atomic E-state index is 13.3. The number of nitro benzene ring substituents is 1. The molecule has 1 atom stereocenters. The molecule has 1 aliphatic heterocycles. The molecule has 3 rings (SSSR count). The van der Waals surface area contributed by atoms with Crippen LogP contribution in [0.1, 0.15) is 33.6 Å². The molecule has 0 radical (unpaired) electrons. The number of ether oxygens (including phenoxy) is 2. The number of hydrogen-bond donors (Lipinski definition) is 0. The molecule has 0 N–H and O–H groups in total. The van der Waals surface area contributed by atoms with Crippen molar-refractivity contribution in [2.45, 2.75) is 50.2 Å². The predicted molar refractivity (Wildman–Crippen MR) is 114 cm³/mol. The van der Waals surface area contributed by atoms with Crippen LogP contribution in [0.3, 0.4) is 0 Å². The maximum Gasteiger partial charge on any atom is 0.306 e. The molecule has 1 heterocycles. The Morgan fingerprint density at radius 1 is 1.25 bits per heavy atom. The largest absolute Gasteiger partial charge is 0.486 e. The zero-order valence-electron chi connectivity index (χ0n) is 17.8. The Bertz CT molecular complexity index is 1130. The molecule has 0 aliphatic carbocycles. The minimum Gasteiger partial charge on any atom is -0.486 e. The van der Waals surface area contributed by atoms with E-state index in [9.17, 15) is 27.7 Å². The second-order valence-electron chi connectivity index (χ2n) is 8.26. The SMILES string of the molecule is CC(C)(C)OC(=O)CCC1CN(S(=O)(=O)c2ccc(F)cc2)c2cc([N+](=O)[O-])ccc2O1. The highest BCUT2D eigenvalue weighted by Gasteiger charge is 2.36. The number of nitrogens with zero attached hydrogens (tertiary/aromatic N) is 2. The normalized spacial score (nSPS) is 16.1. The number of carbonyl (C=O) groups excluding carboxylic acids is 1. The van der Waals surface area contributed by atoms with Crippen LogP contribution in [0.25, 0.3) is 0 Å². The molecule has 2 aromatic rings. The topological polar surface area (TPSA) is 116 Å². The van der Waals surface area contributed by atoms with E-state index in [1.54, 1.807) is 20.8 Å². The summed E-state index contributed by atoms with van der Waals surface area (Å²) < 4.78 is 52.0. The minimum absolute atomic E-state index is 0.00274. The summed E-state index contributed by atoms with van der Waals surface area (Å²) in [7, 11) is -4.19. The number of hydrogen-bond acceptors (Lipinski definition) is 7. The monoisotopic (exact) mass is 466 g/mol. The van der Waals surface area contributed by atoms with Gasteiger partial charge in [-0.25, -0.2) is 12.8 Å². The zero-order chi connectivity index (χ0) is 23.7. The molecule has 1 unspecified atom stereocenters. The van der Waals surface area contributed by atoms with E-state index >= 15 is 0 Å². The lowest BCUT2D eigenvalue weighted by Gasteiger charge is -2.35. The number of sulfonamides is 1. The van der Waals surface area contributed by atoms with E-state index < -0.39 is 38.4 Å². The third kappa shape index (κ3) is 5.34. The highest BCUT2D eigenvalue weighted by atomic mass is 32.2. The Balaban J connectivity index is 1.93. The van der Waals surface area contributed by atoms with Crippen molar-refractivity contribution < 1.29 is 32.0 Å². The van der Waals surface area contributed by atoms with Crippen LogP contribution in [-0.4, -0.2) is 37.6 Å². The van der Waals surface area contributed by atoms with Gasteiger partial charge < -0.3 is 9.47 Å². The summed E-state index contributed by atoms with van der Waals surface area (Å²) in [6, 6.07) is 7.90. The summed E-state index contributed by atoms with van der Waals surface area (Å²) in [4.78, 5) is 22.5. The average molecular weight is 466 g/mol. The summed E-state index contributed by atoms with van der Waals surface area (Å²) in [6.45, 7) is 5.03. The van der Waals surface area contributed by atoms with Gasteiger partial charge in [-0.1, -0.05) is 0 Å². The van der Waals surface area contributed by atoms with E-state index in [-0.39, 0.29) is 41.4 Å². The van der Waals surface area contributed by atoms with Crippen molar-refractivity contribution in [1.29, 1.82) is 0 Å². The van der Waals surface area contributed by atoms with Crippen LogP contribution in [0, 0.1) is 15.9 Å². The lowest BCUT2D eigenvalue weighted by atomic mass is 10.1. The lowest BCUT2D eigenvalue weighted by Crippen LogP contribution is -2.43. The highest BCUT2D eigenvalue weighted by molar-refractivity contribution is 7.92. The molecule has 0 saturated carbocycles. The molecular formula is C21H23FN2O7S. The van der Waals surface area contributed by atoms with Gasteiger partial charge in [-0.3, -0.25) is 19.2 Å². The number of anilines is 1. The van der Waals surface area contributed by atoms with Gasteiger partial charge in [0.15, 0.2) is 0 Å². The average Bonchev–Trinajstić information content (AvgIpc) is 2.70. The van der Waals surface area contributed by atoms with Gasteiger partial charge in [0.05, 0.1) is 16.4 Å². The van der Waals surface area contributed by atoms with Crippen LogP contribution in [0.2, 0.25) is 0 Å². The fraction of sp³-hybridized carbons (Fsp3) is 0.381. The molecule has 0 bridgehead atoms. The van der Waals surface area contributed by atoms with Gasteiger partial charge >= 0.3 is 5.97 Å². The first kappa shape index (κ1) is 23.5. The second-order valence-corrected chi connectivity index (χ2v) is 10.1. The Morgan fingerprint density at radius 3 is 2.50 bits per heavy atom. The van der Waals surface area contributed by atoms with Crippen molar-refractivity contribution >= 4 is 27.4 Å². The second kappa shape index (κ2) is 8.73. The van der Waals surface area contributed by atoms with E-state index in [0.29, 0.717) is 0 Å². The van der Waals surface area contributed by atoms with Crippen LogP contribution < -0.4 is 9.04 Å². The summed E-state index contributed by atoms with van der Waals surface area (Å²) in [6.07, 6.45) is -0.540. The Morgan fingerprint density at radius 2 is 1.91 bits per heavy atom. The van der Waals surface area contributed by atoms with Crippen molar-refractivity contribution in [3.63, 3.8) is 0 Å². The zero-order valence-corrected chi connectivity index (χ0v) is 18.6. The number of nitro groups is 1. The Kier molecular flexibility index (Phi) is 6.40. The Labute approximate surface area is 184 Å². The summed E-state index contributed by atoms with van der Waals surface area (Å²) in [5.74, 6) is -0.928. The lowest BCUT2D eigenvalue weighted by molar-refractivity contribution is -0.384. The molecule has 1 aliphatic rings. The molecule has 0 spiro atoms. The summed E-state index contributed by atoms with van der Waals surface area (Å²) >= 11 is 0. The smallest absolute Gasteiger partial charge is 0.306 e. The number of benzene rings is 2. The number of non-ortho nitro benzene ring substituents is 1. The van der Waals surface area contributed by atoms with Gasteiger partial charge in [0.25, 0.3) is 15.7 Å². The van der Waals surface area contributed by atoms with Gasteiger partial charge in [-0.15, -0.1) is 0 Å². The number of carbonyl (C=O) groups is 1. The first-order valence-corrected chi connectivity index (χ1v) is 11.3. The fourth-order valence-corrected chi connectivity index (χ4v) is 4.70. The van der Waals surface area contributed by atoms with Gasteiger partial charge in [0.1, 0.15) is 29.0 Å². The molecule has 0 amide bonds. The molecule has 11 heteroatoms. The van der Waals surface area contributed by atoms with E-state index in [0.717, 1.165) is 34.6 Å². The van der Waals surface area contributed by atoms with E-state index in [4.69, 9.17) is 9.47 Å². The van der Waals surface area contributed by atoms with Gasteiger partial charge in [0.2, 0.25) is 0 Å². The van der Waals surface area contributed by atoms with Gasteiger partial charge in [-0.2, -0.15) is 0 Å². The highest BCUT2D eigenvalue weighted by Crippen LogP contribution is 2.40. The summed E-state index contributed by atoms with van der Waals surface area (Å²) in [5.41, 5.74) is -0.968. The van der Waals surface area contributed by atoms with Crippen molar-refractivity contribution in [1.82, 2.24) is 0 Å². The third-order valence-electron chi connectivity index (χ3n) is 4.58. The number of halogens is 1. The fourth-order valence-electron chi connectivity index (χ4n) is 3.20. The molecule has 9 nitrogen and oxygen atoms in total. The van der Waals surface area contributed by atoms with Crippen molar-refractivity contribution in [2.75, 3.05) is 10.8 Å². The maximum absolute atomic E-state index is 13.3. The number of rotatable bonds is 6. The first-order chi connectivity index (χ1) is 14.9. The quantitative estimate of drug-likeness (QED) is 0.361. The van der Waals surface area contributed by atoms with Crippen molar-refractivity contribution in [2.24, 2.45) is 0 Å². The standard InChI is InChI=1S/C21H23FN2O7S/c1-21(2,3)31-20(25)11-7-16-13-23(32(28,29)17-8-4-14(22)5-9-17)18-12-15(24(26)27)6-10-19(18)30-16/h4-6,8-10,12,16H,7,11,13H2,1-3H3. The molecule has 0 aromatic heterocycles. The minimum atomic E-state index is -4.19. The van der Waals surface area contributed by atoms with Crippen LogP contribution in [0.4, 0.5) is 15.8 Å². The molecular weight excluding hydrogens is 443 g/mol. The van der Waals surface area contributed by atoms with Crippen LogP contribution >= 0.6 is 0 Å². The van der Waals surface area contributed by atoms with E-state index in [1.165, 1.54) is 12.1 Å². The molecule has 2 aromatic carbocycles. The van der Waals surface area contributed by atoms with Crippen LogP contribution in [-0.2, 0) is 19.6 Å². The molecule has 32 heavy (non-hydrogen) atoms. The Hall–Kier alpha value is -3.21. The van der Waals surface area contributed by atoms with Crippen LogP contribution in [0.5, 0.6) is 5.75 Å². The molecule has 172 valence electrons. The van der Waals surface area contributed by atoms with Gasteiger partial charge in [-0.05, 0) is 57.5 Å². The van der Waals surface area contributed by atoms with E-state index in [2.05, 4.69) is 0 Å². The summed E-state index contributed by atoms with van der Waals surface area (Å²) in [5, 5.41) is 11.2. The van der Waals surface area contributed by atoms with Gasteiger partial charge in [0, 0.05) is 18.6 Å². The first-order valence-electron chi connectivity index (χ1n) is 9.82. The predicted octanol–water partition coefficient (Wildman–Crippen LogP) is 3.81. The van der Waals surface area contributed by atoms with Crippen LogP contribution in [0.15, 0.2) is 47.4 Å². The van der Waals surface area contributed by atoms with Crippen molar-refractivity contribution in [3.8, 4) is 5.75 Å².